The van der Waals surface area contributed by atoms with E-state index in [1.165, 1.54) is 22.5 Å². The van der Waals surface area contributed by atoms with Crippen molar-refractivity contribution in [1.29, 1.82) is 0 Å². The highest BCUT2D eigenvalue weighted by Crippen LogP contribution is 2.24. The van der Waals surface area contributed by atoms with Crippen LogP contribution in [0.2, 0.25) is 0 Å². The molecule has 1 heteroatoms. The van der Waals surface area contributed by atoms with Crippen LogP contribution in [0.4, 0.5) is 0 Å². The highest BCUT2D eigenvalue weighted by molar-refractivity contribution is 5.23. The summed E-state index contributed by atoms with van der Waals surface area (Å²) in [5.74, 6) is 0.513. The molecule has 0 aliphatic carbocycles. The molecule has 104 valence electrons. The third-order valence-corrected chi connectivity index (χ3v) is 3.45. The van der Waals surface area contributed by atoms with Crippen LogP contribution < -0.4 is 0 Å². The van der Waals surface area contributed by atoms with Gasteiger partial charge in [0.05, 0.1) is 0 Å². The second-order valence-corrected chi connectivity index (χ2v) is 5.36. The summed E-state index contributed by atoms with van der Waals surface area (Å²) in [6.45, 7) is 16.0. The lowest BCUT2D eigenvalue weighted by atomic mass is 10.1. The van der Waals surface area contributed by atoms with Gasteiger partial charge >= 0.3 is 0 Å². The third-order valence-electron chi connectivity index (χ3n) is 3.45. The smallest absolute Gasteiger partial charge is 0.0475 e. The van der Waals surface area contributed by atoms with Gasteiger partial charge in [0, 0.05) is 17.9 Å². The fraction of sp³-hybridized carbons (Fsp3) is 0.444. The van der Waals surface area contributed by atoms with Crippen LogP contribution in [-0.2, 0) is 6.54 Å². The lowest BCUT2D eigenvalue weighted by molar-refractivity contribution is 0.367. The lowest BCUT2D eigenvalue weighted by Crippen LogP contribution is -2.24. The Kier molecular flexibility index (Phi) is 5.88. The Balaban J connectivity index is 2.98. The molecule has 0 heterocycles. The Morgan fingerprint density at radius 1 is 1.26 bits per heavy atom. The number of benzene rings is 1. The van der Waals surface area contributed by atoms with Crippen molar-refractivity contribution in [3.8, 4) is 0 Å². The molecule has 0 bridgehead atoms. The molecule has 0 saturated carbocycles. The van der Waals surface area contributed by atoms with Crippen molar-refractivity contribution in [3.05, 3.63) is 59.4 Å². The Hall–Kier alpha value is -1.50. The summed E-state index contributed by atoms with van der Waals surface area (Å²) in [7, 11) is 0. The van der Waals surface area contributed by atoms with Crippen molar-refractivity contribution < 1.29 is 0 Å². The van der Waals surface area contributed by atoms with E-state index in [4.69, 9.17) is 0 Å². The van der Waals surface area contributed by atoms with Crippen LogP contribution >= 0.6 is 0 Å². The topological polar surface area (TPSA) is 3.24 Å². The summed E-state index contributed by atoms with van der Waals surface area (Å²) in [5.41, 5.74) is 5.18. The van der Waals surface area contributed by atoms with Gasteiger partial charge in [0.25, 0.3) is 0 Å². The predicted molar refractivity (Wildman–Crippen MR) is 84.7 cm³/mol. The van der Waals surface area contributed by atoms with E-state index in [0.29, 0.717) is 5.92 Å². The quantitative estimate of drug-likeness (QED) is 0.670. The third kappa shape index (κ3) is 4.27. The van der Waals surface area contributed by atoms with E-state index in [1.807, 2.05) is 0 Å². The lowest BCUT2D eigenvalue weighted by Gasteiger charge is -2.31. The molecular formula is C18H27N. The van der Waals surface area contributed by atoms with Crippen LogP contribution in [0, 0.1) is 12.8 Å². The summed E-state index contributed by atoms with van der Waals surface area (Å²) in [6, 6.07) is 8.76. The molecule has 0 amide bonds. The first-order valence-corrected chi connectivity index (χ1v) is 7.16. The first-order chi connectivity index (χ1) is 8.99. The van der Waals surface area contributed by atoms with E-state index in [9.17, 15) is 0 Å². The average molecular weight is 257 g/mol. The van der Waals surface area contributed by atoms with Gasteiger partial charge in [-0.05, 0) is 31.7 Å². The largest absolute Gasteiger partial charge is 0.345 e. The van der Waals surface area contributed by atoms with E-state index < -0.39 is 0 Å². The highest BCUT2D eigenvalue weighted by atomic mass is 15.1. The summed E-state index contributed by atoms with van der Waals surface area (Å²) in [5, 5.41) is 0. The van der Waals surface area contributed by atoms with Crippen LogP contribution in [-0.4, -0.2) is 4.90 Å². The number of allylic oxidation sites excluding steroid dienone is 3. The van der Waals surface area contributed by atoms with E-state index >= 15 is 0 Å². The summed E-state index contributed by atoms with van der Waals surface area (Å²) < 4.78 is 0. The van der Waals surface area contributed by atoms with Crippen LogP contribution in [0.3, 0.4) is 0 Å². The monoisotopic (exact) mass is 257 g/mol. The van der Waals surface area contributed by atoms with Gasteiger partial charge in [-0.25, -0.2) is 0 Å². The van der Waals surface area contributed by atoms with Gasteiger partial charge in [0.1, 0.15) is 0 Å². The molecule has 0 aromatic heterocycles. The van der Waals surface area contributed by atoms with Gasteiger partial charge < -0.3 is 4.90 Å². The molecular weight excluding hydrogens is 230 g/mol. The zero-order valence-electron chi connectivity index (χ0n) is 13.0. The first kappa shape index (κ1) is 15.6. The Morgan fingerprint density at radius 3 is 2.26 bits per heavy atom. The van der Waals surface area contributed by atoms with Crippen LogP contribution in [0.15, 0.2) is 48.3 Å². The second kappa shape index (κ2) is 7.18. The second-order valence-electron chi connectivity index (χ2n) is 5.36. The van der Waals surface area contributed by atoms with Gasteiger partial charge in [-0.2, -0.15) is 0 Å². The average Bonchev–Trinajstić information content (AvgIpc) is 2.39. The van der Waals surface area contributed by atoms with Gasteiger partial charge in [-0.3, -0.25) is 0 Å². The van der Waals surface area contributed by atoms with Crippen molar-refractivity contribution in [2.24, 2.45) is 5.92 Å². The molecule has 19 heavy (non-hydrogen) atoms. The highest BCUT2D eigenvalue weighted by Gasteiger charge is 2.14. The van der Waals surface area contributed by atoms with Gasteiger partial charge in [0.2, 0.25) is 0 Å². The van der Waals surface area contributed by atoms with E-state index in [2.05, 4.69) is 76.4 Å². The molecule has 0 aliphatic rings. The zero-order chi connectivity index (χ0) is 14.4. The normalized spacial score (nSPS) is 11.8. The molecule has 0 radical (unpaired) electrons. The molecule has 0 N–H and O–H groups in total. The molecule has 0 fully saturated rings. The minimum absolute atomic E-state index is 0.513. The zero-order valence-corrected chi connectivity index (χ0v) is 13.0. The summed E-state index contributed by atoms with van der Waals surface area (Å²) in [4.78, 5) is 2.36. The first-order valence-electron chi connectivity index (χ1n) is 7.16. The molecule has 0 unspecified atom stereocenters. The molecule has 1 nitrogen and oxygen atoms in total. The molecule has 0 spiro atoms. The standard InChI is InChI=1S/C18H27N/c1-7-16(6)19(18(8-2)14(3)4)13-17-11-9-15(5)10-12-17/h8-12,14H,6-7,13H2,1-5H3/b18-8-. The Labute approximate surface area is 118 Å². The van der Waals surface area contributed by atoms with Gasteiger partial charge in [-0.15, -0.1) is 0 Å². The maximum atomic E-state index is 4.22. The Bertz CT molecular complexity index is 437. The number of nitrogens with zero attached hydrogens (tertiary/aromatic N) is 1. The maximum absolute atomic E-state index is 4.22. The molecule has 0 aliphatic heterocycles. The Morgan fingerprint density at radius 2 is 1.84 bits per heavy atom. The van der Waals surface area contributed by atoms with E-state index in [-0.39, 0.29) is 0 Å². The number of hydrogen-bond acceptors (Lipinski definition) is 1. The minimum atomic E-state index is 0.513. The number of rotatable bonds is 6. The van der Waals surface area contributed by atoms with Crippen LogP contribution in [0.25, 0.3) is 0 Å². The summed E-state index contributed by atoms with van der Waals surface area (Å²) >= 11 is 0. The van der Waals surface area contributed by atoms with Crippen molar-refractivity contribution >= 4 is 0 Å². The van der Waals surface area contributed by atoms with Crippen molar-refractivity contribution in [3.63, 3.8) is 0 Å². The van der Waals surface area contributed by atoms with Crippen molar-refractivity contribution in [2.45, 2.75) is 47.6 Å². The van der Waals surface area contributed by atoms with E-state index in [0.717, 1.165) is 13.0 Å². The molecule has 0 saturated heterocycles. The fourth-order valence-electron chi connectivity index (χ4n) is 2.25. The maximum Gasteiger partial charge on any atom is 0.0475 e. The molecule has 1 aromatic carbocycles. The van der Waals surface area contributed by atoms with Crippen molar-refractivity contribution in [2.75, 3.05) is 0 Å². The minimum Gasteiger partial charge on any atom is -0.345 e. The summed E-state index contributed by atoms with van der Waals surface area (Å²) in [6.07, 6.45) is 3.19. The van der Waals surface area contributed by atoms with Gasteiger partial charge in [0.15, 0.2) is 0 Å². The van der Waals surface area contributed by atoms with Crippen LogP contribution in [0.5, 0.6) is 0 Å². The van der Waals surface area contributed by atoms with Crippen LogP contribution in [0.1, 0.15) is 45.2 Å². The molecule has 0 atom stereocenters. The molecule has 1 aromatic rings. The van der Waals surface area contributed by atoms with Crippen molar-refractivity contribution in [1.82, 2.24) is 4.90 Å². The molecule has 1 rings (SSSR count). The SMILES string of the molecule is C=C(CC)N(Cc1ccc(C)cc1)/C(=C\C)C(C)C. The van der Waals surface area contributed by atoms with E-state index in [1.54, 1.807) is 0 Å². The van der Waals surface area contributed by atoms with Gasteiger partial charge in [-0.1, -0.05) is 63.3 Å². The number of hydrogen-bond donors (Lipinski definition) is 0. The fourth-order valence-corrected chi connectivity index (χ4v) is 2.25. The number of aryl methyl sites for hydroxylation is 1. The predicted octanol–water partition coefficient (Wildman–Crippen LogP) is 5.28.